The zero-order valence-electron chi connectivity index (χ0n) is 11.7. The molecule has 114 valence electrons. The molecule has 0 aliphatic carbocycles. The number of amides is 1. The fraction of sp³-hybridized carbons (Fsp3) is 0.133. The molecule has 2 aromatic carbocycles. The van der Waals surface area contributed by atoms with E-state index in [9.17, 15) is 13.2 Å². The highest BCUT2D eigenvalue weighted by Crippen LogP contribution is 2.34. The van der Waals surface area contributed by atoms with Crippen LogP contribution in [0.15, 0.2) is 51.8 Å². The summed E-state index contributed by atoms with van der Waals surface area (Å²) in [4.78, 5) is 12.0. The lowest BCUT2D eigenvalue weighted by atomic mass is 10.2. The molecule has 1 aliphatic heterocycles. The van der Waals surface area contributed by atoms with E-state index in [0.29, 0.717) is 21.4 Å². The number of hydrogen-bond donors (Lipinski definition) is 1. The van der Waals surface area contributed by atoms with Crippen molar-refractivity contribution >= 4 is 43.2 Å². The van der Waals surface area contributed by atoms with Crippen LogP contribution in [0.1, 0.15) is 5.56 Å². The zero-order chi connectivity index (χ0) is 15.9. The molecule has 1 amide bonds. The fourth-order valence-electron chi connectivity index (χ4n) is 2.39. The predicted octanol–water partition coefficient (Wildman–Crippen LogP) is 2.90. The number of nitrogens with one attached hydrogen (secondary N) is 1. The van der Waals surface area contributed by atoms with Gasteiger partial charge in [-0.05, 0) is 36.8 Å². The Hall–Kier alpha value is -1.86. The molecule has 2 aromatic rings. The van der Waals surface area contributed by atoms with Gasteiger partial charge >= 0.3 is 0 Å². The molecule has 7 heteroatoms. The van der Waals surface area contributed by atoms with Crippen LogP contribution in [0.25, 0.3) is 0 Å². The Bertz CT molecular complexity index is 865. The van der Waals surface area contributed by atoms with Crippen LogP contribution in [0.5, 0.6) is 0 Å². The van der Waals surface area contributed by atoms with Crippen LogP contribution in [-0.2, 0) is 14.8 Å². The van der Waals surface area contributed by atoms with Gasteiger partial charge < -0.3 is 5.32 Å². The summed E-state index contributed by atoms with van der Waals surface area (Å²) in [6.45, 7) is 1.50. The van der Waals surface area contributed by atoms with E-state index in [-0.39, 0.29) is 17.3 Å². The molecule has 0 saturated carbocycles. The number of sulfonamides is 1. The highest BCUT2D eigenvalue weighted by Gasteiger charge is 2.33. The smallest absolute Gasteiger partial charge is 0.265 e. The summed E-state index contributed by atoms with van der Waals surface area (Å²) in [6, 6.07) is 11.9. The number of carbonyl (C=O) groups excluding carboxylic acids is 1. The highest BCUT2D eigenvalue weighted by molar-refractivity contribution is 9.10. The van der Waals surface area contributed by atoms with Gasteiger partial charge in [0.25, 0.3) is 10.0 Å². The van der Waals surface area contributed by atoms with Gasteiger partial charge in [-0.1, -0.05) is 34.1 Å². The molecule has 22 heavy (non-hydrogen) atoms. The largest absolute Gasteiger partial charge is 0.323 e. The predicted molar refractivity (Wildman–Crippen MR) is 88.5 cm³/mol. The second-order valence-electron chi connectivity index (χ2n) is 4.99. The minimum atomic E-state index is -3.82. The first-order valence-corrected chi connectivity index (χ1v) is 8.80. The summed E-state index contributed by atoms with van der Waals surface area (Å²) in [5.74, 6) is -0.352. The van der Waals surface area contributed by atoms with Crippen LogP contribution in [0.3, 0.4) is 0 Å². The number of aryl methyl sites for hydroxylation is 1. The molecule has 0 fully saturated rings. The van der Waals surface area contributed by atoms with Crippen LogP contribution in [0.4, 0.5) is 11.4 Å². The van der Waals surface area contributed by atoms with Gasteiger partial charge in [0, 0.05) is 4.47 Å². The molecule has 1 aliphatic rings. The Labute approximate surface area is 137 Å². The molecule has 0 saturated heterocycles. The monoisotopic (exact) mass is 380 g/mol. The first-order chi connectivity index (χ1) is 10.4. The zero-order valence-corrected chi connectivity index (χ0v) is 14.1. The van der Waals surface area contributed by atoms with Gasteiger partial charge in [0.15, 0.2) is 0 Å². The summed E-state index contributed by atoms with van der Waals surface area (Å²) in [6.07, 6.45) is 0. The Morgan fingerprint density at radius 3 is 2.68 bits per heavy atom. The number of carbonyl (C=O) groups is 1. The van der Waals surface area contributed by atoms with Crippen molar-refractivity contribution in [3.8, 4) is 0 Å². The SMILES string of the molecule is Cc1ccc(Br)cc1S(=O)(=O)N1CC(=O)Nc2ccccc21. The first-order valence-electron chi connectivity index (χ1n) is 6.57. The van der Waals surface area contributed by atoms with Crippen molar-refractivity contribution in [2.45, 2.75) is 11.8 Å². The summed E-state index contributed by atoms with van der Waals surface area (Å²) >= 11 is 3.29. The van der Waals surface area contributed by atoms with E-state index in [2.05, 4.69) is 21.2 Å². The maximum atomic E-state index is 13.0. The Kier molecular flexibility index (Phi) is 3.70. The minimum absolute atomic E-state index is 0.186. The Balaban J connectivity index is 2.18. The van der Waals surface area contributed by atoms with E-state index < -0.39 is 10.0 Å². The van der Waals surface area contributed by atoms with Crippen molar-refractivity contribution in [3.05, 3.63) is 52.5 Å². The second-order valence-corrected chi connectivity index (χ2v) is 7.73. The van der Waals surface area contributed by atoms with E-state index in [0.717, 1.165) is 4.31 Å². The second kappa shape index (κ2) is 5.40. The summed E-state index contributed by atoms with van der Waals surface area (Å²) in [5.41, 5.74) is 1.60. The average Bonchev–Trinajstić information content (AvgIpc) is 2.48. The third kappa shape index (κ3) is 2.50. The summed E-state index contributed by atoms with van der Waals surface area (Å²) in [7, 11) is -3.82. The number of rotatable bonds is 2. The summed E-state index contributed by atoms with van der Waals surface area (Å²) in [5, 5.41) is 2.69. The topological polar surface area (TPSA) is 66.5 Å². The van der Waals surface area contributed by atoms with E-state index in [1.54, 1.807) is 49.4 Å². The molecular formula is C15H13BrN2O3S. The van der Waals surface area contributed by atoms with Crippen LogP contribution >= 0.6 is 15.9 Å². The molecule has 0 aromatic heterocycles. The Morgan fingerprint density at radius 2 is 1.91 bits per heavy atom. The number of anilines is 2. The fourth-order valence-corrected chi connectivity index (χ4v) is 4.59. The van der Waals surface area contributed by atoms with E-state index in [1.807, 2.05) is 0 Å². The molecule has 0 bridgehead atoms. The third-order valence-electron chi connectivity index (χ3n) is 3.45. The van der Waals surface area contributed by atoms with Crippen molar-refractivity contribution < 1.29 is 13.2 Å². The van der Waals surface area contributed by atoms with Crippen LogP contribution in [-0.4, -0.2) is 20.9 Å². The molecule has 0 spiro atoms. The lowest BCUT2D eigenvalue weighted by molar-refractivity contribution is -0.115. The molecule has 3 rings (SSSR count). The van der Waals surface area contributed by atoms with Gasteiger partial charge in [0.2, 0.25) is 5.91 Å². The van der Waals surface area contributed by atoms with Crippen molar-refractivity contribution in [3.63, 3.8) is 0 Å². The minimum Gasteiger partial charge on any atom is -0.323 e. The molecule has 0 atom stereocenters. The molecule has 0 radical (unpaired) electrons. The Morgan fingerprint density at radius 1 is 1.18 bits per heavy atom. The van der Waals surface area contributed by atoms with Crippen molar-refractivity contribution in [1.82, 2.24) is 0 Å². The number of hydrogen-bond acceptors (Lipinski definition) is 3. The van der Waals surface area contributed by atoms with Gasteiger partial charge in [-0.25, -0.2) is 8.42 Å². The van der Waals surface area contributed by atoms with Crippen molar-refractivity contribution in [2.75, 3.05) is 16.2 Å². The standard InChI is InChI=1S/C15H13BrN2O3S/c1-10-6-7-11(16)8-14(10)22(20,21)18-9-15(19)17-12-4-2-3-5-13(12)18/h2-8H,9H2,1H3,(H,17,19). The quantitative estimate of drug-likeness (QED) is 0.870. The number of para-hydroxylation sites is 2. The molecule has 5 nitrogen and oxygen atoms in total. The van der Waals surface area contributed by atoms with E-state index >= 15 is 0 Å². The van der Waals surface area contributed by atoms with Crippen LogP contribution in [0, 0.1) is 6.92 Å². The van der Waals surface area contributed by atoms with Crippen LogP contribution in [0.2, 0.25) is 0 Å². The van der Waals surface area contributed by atoms with Crippen molar-refractivity contribution in [1.29, 1.82) is 0 Å². The van der Waals surface area contributed by atoms with Gasteiger partial charge in [0.1, 0.15) is 6.54 Å². The molecule has 0 unspecified atom stereocenters. The van der Waals surface area contributed by atoms with E-state index in [1.165, 1.54) is 0 Å². The average molecular weight is 381 g/mol. The van der Waals surface area contributed by atoms with Gasteiger partial charge in [0.05, 0.1) is 16.3 Å². The first kappa shape index (κ1) is 15.1. The molecular weight excluding hydrogens is 368 g/mol. The van der Waals surface area contributed by atoms with Gasteiger partial charge in [-0.2, -0.15) is 0 Å². The number of halogens is 1. The highest BCUT2D eigenvalue weighted by atomic mass is 79.9. The number of fused-ring (bicyclic) bond motifs is 1. The molecule has 1 N–H and O–H groups in total. The van der Waals surface area contributed by atoms with Crippen LogP contribution < -0.4 is 9.62 Å². The summed E-state index contributed by atoms with van der Waals surface area (Å²) < 4.78 is 27.8. The number of nitrogens with zero attached hydrogens (tertiary/aromatic N) is 1. The maximum absolute atomic E-state index is 13.0. The third-order valence-corrected chi connectivity index (χ3v) is 5.85. The lowest BCUT2D eigenvalue weighted by Gasteiger charge is -2.30. The van der Waals surface area contributed by atoms with E-state index in [4.69, 9.17) is 0 Å². The normalized spacial score (nSPS) is 14.5. The van der Waals surface area contributed by atoms with Crippen molar-refractivity contribution in [2.24, 2.45) is 0 Å². The lowest BCUT2D eigenvalue weighted by Crippen LogP contribution is -2.42. The van der Waals surface area contributed by atoms with Gasteiger partial charge in [-0.3, -0.25) is 9.10 Å². The maximum Gasteiger partial charge on any atom is 0.265 e. The molecule has 1 heterocycles. The number of benzene rings is 2. The van der Waals surface area contributed by atoms with Gasteiger partial charge in [-0.15, -0.1) is 0 Å².